The number of hydrogen-bond donors (Lipinski definition) is 0. The molecule has 1 amide bonds. The summed E-state index contributed by atoms with van der Waals surface area (Å²) in [6.45, 7) is 3.07. The monoisotopic (exact) mass is 438 g/mol. The van der Waals surface area contributed by atoms with Crippen molar-refractivity contribution in [1.29, 1.82) is 0 Å². The second kappa shape index (κ2) is 9.61. The maximum Gasteiger partial charge on any atom is 0.358 e. The van der Waals surface area contributed by atoms with Crippen molar-refractivity contribution in [3.05, 3.63) is 60.7 Å². The van der Waals surface area contributed by atoms with Crippen LogP contribution in [0.15, 0.2) is 60.0 Å². The third-order valence-electron chi connectivity index (χ3n) is 4.96. The molecule has 2 aromatic heterocycles. The number of amides is 1. The Morgan fingerprint density at radius 3 is 2.48 bits per heavy atom. The lowest BCUT2D eigenvalue weighted by molar-refractivity contribution is -0.128. The largest absolute Gasteiger partial charge is 0.464 e. The molecular formula is C21H22N6O3S. The number of benzene rings is 1. The van der Waals surface area contributed by atoms with E-state index in [2.05, 4.69) is 37.0 Å². The molecule has 31 heavy (non-hydrogen) atoms. The Hall–Kier alpha value is -3.40. The number of piperazine rings is 1. The van der Waals surface area contributed by atoms with Crippen LogP contribution >= 0.6 is 11.8 Å². The molecule has 0 saturated carbocycles. The molecule has 0 radical (unpaired) electrons. The quantitative estimate of drug-likeness (QED) is 0.426. The van der Waals surface area contributed by atoms with Gasteiger partial charge >= 0.3 is 5.97 Å². The first-order valence-corrected chi connectivity index (χ1v) is 10.8. The van der Waals surface area contributed by atoms with E-state index in [1.54, 1.807) is 16.7 Å². The molecule has 3 heterocycles. The first-order chi connectivity index (χ1) is 15.1. The zero-order valence-electron chi connectivity index (χ0n) is 17.0. The van der Waals surface area contributed by atoms with Crippen LogP contribution in [0.5, 0.6) is 0 Å². The van der Waals surface area contributed by atoms with Crippen LogP contribution in [0.4, 0.5) is 5.69 Å². The van der Waals surface area contributed by atoms with Gasteiger partial charge in [-0.15, -0.1) is 10.2 Å². The van der Waals surface area contributed by atoms with E-state index < -0.39 is 5.97 Å². The summed E-state index contributed by atoms with van der Waals surface area (Å²) in [5.74, 6) is 0.426. The number of nitrogens with zero attached hydrogens (tertiary/aromatic N) is 6. The van der Waals surface area contributed by atoms with Crippen LogP contribution in [-0.4, -0.2) is 75.6 Å². The number of esters is 1. The van der Waals surface area contributed by atoms with Gasteiger partial charge in [0.1, 0.15) is 11.4 Å². The highest BCUT2D eigenvalue weighted by Gasteiger charge is 2.21. The van der Waals surface area contributed by atoms with Crippen molar-refractivity contribution >= 4 is 29.3 Å². The highest BCUT2D eigenvalue weighted by atomic mass is 32.2. The van der Waals surface area contributed by atoms with Crippen LogP contribution in [0, 0.1) is 0 Å². The van der Waals surface area contributed by atoms with Crippen molar-refractivity contribution in [2.45, 2.75) is 5.03 Å². The van der Waals surface area contributed by atoms with E-state index in [9.17, 15) is 9.59 Å². The molecule has 1 aliphatic heterocycles. The fourth-order valence-corrected chi connectivity index (χ4v) is 3.98. The van der Waals surface area contributed by atoms with Crippen LogP contribution in [0.25, 0.3) is 5.82 Å². The van der Waals surface area contributed by atoms with E-state index in [-0.39, 0.29) is 11.6 Å². The summed E-state index contributed by atoms with van der Waals surface area (Å²) in [6.07, 6.45) is 3.00. The molecule has 0 N–H and O–H groups in total. The van der Waals surface area contributed by atoms with Crippen molar-refractivity contribution in [2.24, 2.45) is 0 Å². The second-order valence-electron chi connectivity index (χ2n) is 6.88. The van der Waals surface area contributed by atoms with Gasteiger partial charge in [-0.3, -0.25) is 9.36 Å². The van der Waals surface area contributed by atoms with Crippen LogP contribution in [0.2, 0.25) is 0 Å². The minimum absolute atomic E-state index is 0.0981. The number of methoxy groups -OCH3 is 1. The molecule has 0 spiro atoms. The fourth-order valence-electron chi connectivity index (χ4n) is 3.27. The van der Waals surface area contributed by atoms with Crippen LogP contribution in [-0.2, 0) is 9.53 Å². The van der Waals surface area contributed by atoms with E-state index in [0.717, 1.165) is 13.1 Å². The molecule has 4 rings (SSSR count). The summed E-state index contributed by atoms with van der Waals surface area (Å²) in [5, 5.41) is 8.98. The lowest BCUT2D eigenvalue weighted by atomic mass is 10.2. The van der Waals surface area contributed by atoms with Crippen LogP contribution in [0.1, 0.15) is 10.5 Å². The molecule has 1 saturated heterocycles. The lowest BCUT2D eigenvalue weighted by Gasteiger charge is -2.36. The minimum Gasteiger partial charge on any atom is -0.464 e. The SMILES string of the molecule is COC(=O)c1cn(-c2ccc(SCC(=O)N3CCN(c4ccccc4)CC3)nn2)cn1. The number of rotatable bonds is 6. The van der Waals surface area contributed by atoms with E-state index in [1.807, 2.05) is 23.1 Å². The second-order valence-corrected chi connectivity index (χ2v) is 7.88. The maximum absolute atomic E-state index is 12.6. The van der Waals surface area contributed by atoms with Gasteiger partial charge in [-0.25, -0.2) is 9.78 Å². The maximum atomic E-state index is 12.6. The minimum atomic E-state index is -0.512. The third kappa shape index (κ3) is 5.02. The molecule has 0 bridgehead atoms. The summed E-state index contributed by atoms with van der Waals surface area (Å²) in [7, 11) is 1.30. The standard InChI is InChI=1S/C21H22N6O3S/c1-30-21(29)17-13-27(15-22-17)18-7-8-19(24-23-18)31-14-20(28)26-11-9-25(10-12-26)16-5-3-2-4-6-16/h2-8,13,15H,9-12,14H2,1H3. The number of aromatic nitrogens is 4. The smallest absolute Gasteiger partial charge is 0.358 e. The van der Waals surface area contributed by atoms with Crippen molar-refractivity contribution < 1.29 is 14.3 Å². The molecule has 1 aromatic carbocycles. The summed E-state index contributed by atoms with van der Waals surface area (Å²) < 4.78 is 6.23. The van der Waals surface area contributed by atoms with Gasteiger partial charge in [0, 0.05) is 38.1 Å². The average Bonchev–Trinajstić information content (AvgIpc) is 3.33. The highest BCUT2D eigenvalue weighted by molar-refractivity contribution is 7.99. The predicted octanol–water partition coefficient (Wildman–Crippen LogP) is 1.89. The molecular weight excluding hydrogens is 416 g/mol. The number of imidazole rings is 1. The molecule has 1 fully saturated rings. The van der Waals surface area contributed by atoms with E-state index in [0.29, 0.717) is 29.7 Å². The average molecular weight is 439 g/mol. The van der Waals surface area contributed by atoms with Gasteiger partial charge in [-0.05, 0) is 24.3 Å². The van der Waals surface area contributed by atoms with Gasteiger partial charge < -0.3 is 14.5 Å². The lowest BCUT2D eigenvalue weighted by Crippen LogP contribution is -2.49. The Morgan fingerprint density at radius 1 is 1.03 bits per heavy atom. The zero-order chi connectivity index (χ0) is 21.6. The van der Waals surface area contributed by atoms with Crippen molar-refractivity contribution in [2.75, 3.05) is 43.9 Å². The van der Waals surface area contributed by atoms with Gasteiger partial charge in [-0.2, -0.15) is 0 Å². The number of anilines is 1. The Morgan fingerprint density at radius 2 is 1.81 bits per heavy atom. The first-order valence-electron chi connectivity index (χ1n) is 9.81. The molecule has 0 atom stereocenters. The molecule has 3 aromatic rings. The molecule has 1 aliphatic rings. The number of para-hydroxylation sites is 1. The van der Waals surface area contributed by atoms with Gasteiger partial charge in [0.05, 0.1) is 12.9 Å². The summed E-state index contributed by atoms with van der Waals surface area (Å²) in [4.78, 5) is 32.3. The van der Waals surface area contributed by atoms with Crippen molar-refractivity contribution in [1.82, 2.24) is 24.6 Å². The van der Waals surface area contributed by atoms with Gasteiger partial charge in [0.2, 0.25) is 5.91 Å². The summed E-state index contributed by atoms with van der Waals surface area (Å²) >= 11 is 1.36. The Balaban J connectivity index is 1.27. The van der Waals surface area contributed by atoms with Gasteiger partial charge in [0.15, 0.2) is 11.5 Å². The number of ether oxygens (including phenoxy) is 1. The summed E-state index contributed by atoms with van der Waals surface area (Å²) in [6, 6.07) is 13.8. The highest BCUT2D eigenvalue weighted by Crippen LogP contribution is 2.19. The van der Waals surface area contributed by atoms with Crippen molar-refractivity contribution in [3.63, 3.8) is 0 Å². The topological polar surface area (TPSA) is 93.5 Å². The van der Waals surface area contributed by atoms with E-state index >= 15 is 0 Å². The summed E-state index contributed by atoms with van der Waals surface area (Å²) in [5.41, 5.74) is 1.39. The third-order valence-corrected chi connectivity index (χ3v) is 5.87. The first kappa shape index (κ1) is 20.9. The van der Waals surface area contributed by atoms with Gasteiger partial charge in [-0.1, -0.05) is 30.0 Å². The molecule has 0 aliphatic carbocycles. The van der Waals surface area contributed by atoms with Crippen LogP contribution in [0.3, 0.4) is 0 Å². The molecule has 160 valence electrons. The number of carbonyl (C=O) groups is 2. The Kier molecular flexibility index (Phi) is 6.46. The van der Waals surface area contributed by atoms with Crippen molar-refractivity contribution in [3.8, 4) is 5.82 Å². The Bertz CT molecular complexity index is 1030. The fraction of sp³-hybridized carbons (Fsp3) is 0.286. The van der Waals surface area contributed by atoms with E-state index in [4.69, 9.17) is 0 Å². The molecule has 9 nitrogen and oxygen atoms in total. The molecule has 0 unspecified atom stereocenters. The zero-order valence-corrected chi connectivity index (χ0v) is 17.9. The number of carbonyl (C=O) groups excluding carboxylic acids is 2. The number of thioether (sulfide) groups is 1. The molecule has 10 heteroatoms. The van der Waals surface area contributed by atoms with Crippen LogP contribution < -0.4 is 4.90 Å². The van der Waals surface area contributed by atoms with Gasteiger partial charge in [0.25, 0.3) is 0 Å². The Labute approximate surface area is 184 Å². The normalized spacial score (nSPS) is 13.8. The number of hydrogen-bond acceptors (Lipinski definition) is 8. The van der Waals surface area contributed by atoms with E-state index in [1.165, 1.54) is 37.1 Å². The predicted molar refractivity (Wildman–Crippen MR) is 116 cm³/mol.